The quantitative estimate of drug-likeness (QED) is 0.846. The van der Waals surface area contributed by atoms with E-state index in [9.17, 15) is 9.50 Å². The Morgan fingerprint density at radius 3 is 2.32 bits per heavy atom. The smallest absolute Gasteiger partial charge is 0.123 e. The molecule has 0 heterocycles. The van der Waals surface area contributed by atoms with E-state index in [2.05, 4.69) is 0 Å². The molecule has 0 aliphatic carbocycles. The minimum absolute atomic E-state index is 0.250. The predicted octanol–water partition coefficient (Wildman–Crippen LogP) is 3.66. The van der Waals surface area contributed by atoms with Gasteiger partial charge in [0.05, 0.1) is 13.2 Å². The van der Waals surface area contributed by atoms with Crippen molar-refractivity contribution in [1.29, 1.82) is 0 Å². The highest BCUT2D eigenvalue weighted by Gasteiger charge is 2.08. The number of benzene rings is 2. The summed E-state index contributed by atoms with van der Waals surface area (Å²) in [6, 6.07) is 13.6. The van der Waals surface area contributed by atoms with Gasteiger partial charge in [-0.1, -0.05) is 12.1 Å². The number of halogens is 1. The summed E-state index contributed by atoms with van der Waals surface area (Å²) in [5, 5.41) is 10.1. The zero-order chi connectivity index (χ0) is 13.7. The molecule has 1 N–H and O–H groups in total. The molecule has 0 radical (unpaired) electrons. The van der Waals surface area contributed by atoms with Crippen molar-refractivity contribution in [1.82, 2.24) is 0 Å². The number of hydrogen-bond acceptors (Lipinski definition) is 3. The molecule has 19 heavy (non-hydrogen) atoms. The summed E-state index contributed by atoms with van der Waals surface area (Å²) >= 11 is 1.49. The molecule has 2 aromatic carbocycles. The Hall–Kier alpha value is -1.52. The first-order chi connectivity index (χ1) is 9.19. The van der Waals surface area contributed by atoms with Crippen LogP contribution in [0.5, 0.6) is 5.75 Å². The average molecular weight is 278 g/mol. The van der Waals surface area contributed by atoms with Gasteiger partial charge in [0.2, 0.25) is 0 Å². The Labute approximate surface area is 116 Å². The van der Waals surface area contributed by atoms with Gasteiger partial charge in [-0.15, -0.1) is 11.8 Å². The van der Waals surface area contributed by atoms with Crippen LogP contribution in [0.4, 0.5) is 4.39 Å². The Morgan fingerprint density at radius 2 is 1.74 bits per heavy atom. The van der Waals surface area contributed by atoms with Crippen LogP contribution < -0.4 is 4.74 Å². The van der Waals surface area contributed by atoms with Gasteiger partial charge in [-0.25, -0.2) is 4.39 Å². The van der Waals surface area contributed by atoms with Crippen molar-refractivity contribution >= 4 is 11.8 Å². The van der Waals surface area contributed by atoms with E-state index in [1.807, 2.05) is 24.3 Å². The maximum Gasteiger partial charge on any atom is 0.123 e. The minimum atomic E-state index is -0.555. The second-order valence-electron chi connectivity index (χ2n) is 4.05. The second-order valence-corrected chi connectivity index (χ2v) is 5.15. The van der Waals surface area contributed by atoms with Gasteiger partial charge in [0, 0.05) is 10.6 Å². The Balaban J connectivity index is 1.93. The first kappa shape index (κ1) is 13.9. The molecule has 4 heteroatoms. The molecule has 0 aliphatic heterocycles. The molecule has 1 atom stereocenters. The van der Waals surface area contributed by atoms with E-state index >= 15 is 0 Å². The third-order valence-electron chi connectivity index (χ3n) is 2.72. The van der Waals surface area contributed by atoms with Crippen LogP contribution in [0.25, 0.3) is 0 Å². The van der Waals surface area contributed by atoms with Gasteiger partial charge in [0.15, 0.2) is 0 Å². The lowest BCUT2D eigenvalue weighted by Crippen LogP contribution is -2.00. The number of aliphatic hydroxyl groups is 1. The second kappa shape index (κ2) is 6.59. The SMILES string of the molecule is COc1ccc(C(O)CSc2ccc(F)cc2)cc1. The largest absolute Gasteiger partial charge is 0.497 e. The normalized spacial score (nSPS) is 12.2. The maximum atomic E-state index is 12.8. The first-order valence-corrected chi connectivity index (χ1v) is 6.88. The molecule has 1 unspecified atom stereocenters. The van der Waals surface area contributed by atoms with Gasteiger partial charge in [-0.2, -0.15) is 0 Å². The van der Waals surface area contributed by atoms with Crippen LogP contribution in [-0.2, 0) is 0 Å². The zero-order valence-corrected chi connectivity index (χ0v) is 11.4. The van der Waals surface area contributed by atoms with Crippen LogP contribution in [0.3, 0.4) is 0 Å². The van der Waals surface area contributed by atoms with E-state index in [4.69, 9.17) is 4.74 Å². The summed E-state index contributed by atoms with van der Waals surface area (Å²) in [6.45, 7) is 0. The lowest BCUT2D eigenvalue weighted by atomic mass is 10.1. The fourth-order valence-electron chi connectivity index (χ4n) is 1.63. The highest BCUT2D eigenvalue weighted by Crippen LogP contribution is 2.25. The number of methoxy groups -OCH3 is 1. The molecule has 0 amide bonds. The van der Waals surface area contributed by atoms with E-state index in [-0.39, 0.29) is 5.82 Å². The predicted molar refractivity (Wildman–Crippen MR) is 75.1 cm³/mol. The third-order valence-corrected chi connectivity index (χ3v) is 3.81. The van der Waals surface area contributed by atoms with E-state index in [1.54, 1.807) is 19.2 Å². The lowest BCUT2D eigenvalue weighted by Gasteiger charge is -2.11. The van der Waals surface area contributed by atoms with Crippen molar-refractivity contribution in [3.8, 4) is 5.75 Å². The molecule has 0 aliphatic rings. The van der Waals surface area contributed by atoms with E-state index in [0.29, 0.717) is 5.75 Å². The molecule has 100 valence electrons. The topological polar surface area (TPSA) is 29.5 Å². The van der Waals surface area contributed by atoms with Gasteiger partial charge in [0.1, 0.15) is 11.6 Å². The molecule has 0 saturated carbocycles. The van der Waals surface area contributed by atoms with E-state index in [1.165, 1.54) is 23.9 Å². The fourth-order valence-corrected chi connectivity index (χ4v) is 2.50. The molecular formula is C15H15FO2S. The molecular weight excluding hydrogens is 263 g/mol. The van der Waals surface area contributed by atoms with Gasteiger partial charge < -0.3 is 9.84 Å². The summed E-state index contributed by atoms with van der Waals surface area (Å²) in [7, 11) is 1.61. The Morgan fingerprint density at radius 1 is 1.11 bits per heavy atom. The summed E-state index contributed by atoms with van der Waals surface area (Å²) in [5.41, 5.74) is 0.843. The highest BCUT2D eigenvalue weighted by molar-refractivity contribution is 7.99. The molecule has 2 aromatic rings. The van der Waals surface area contributed by atoms with Gasteiger partial charge in [-0.3, -0.25) is 0 Å². The summed E-state index contributed by atoms with van der Waals surface area (Å²) in [4.78, 5) is 0.939. The van der Waals surface area contributed by atoms with Gasteiger partial charge in [0.25, 0.3) is 0 Å². The highest BCUT2D eigenvalue weighted by atomic mass is 32.2. The van der Waals surface area contributed by atoms with Crippen molar-refractivity contribution in [2.45, 2.75) is 11.0 Å². The number of rotatable bonds is 5. The van der Waals surface area contributed by atoms with Crippen molar-refractivity contribution in [3.63, 3.8) is 0 Å². The molecule has 0 aromatic heterocycles. The van der Waals surface area contributed by atoms with Crippen LogP contribution in [0, 0.1) is 5.82 Å². The monoisotopic (exact) mass is 278 g/mol. The maximum absolute atomic E-state index is 12.8. The molecule has 0 bridgehead atoms. The van der Waals surface area contributed by atoms with Crippen LogP contribution in [0.1, 0.15) is 11.7 Å². The van der Waals surface area contributed by atoms with Crippen LogP contribution in [0.15, 0.2) is 53.4 Å². The summed E-state index contributed by atoms with van der Waals surface area (Å²) in [6.07, 6.45) is -0.555. The summed E-state index contributed by atoms with van der Waals surface area (Å²) in [5.74, 6) is 1.04. The molecule has 2 rings (SSSR count). The third kappa shape index (κ3) is 3.98. The lowest BCUT2D eigenvalue weighted by molar-refractivity contribution is 0.204. The Bertz CT molecular complexity index is 511. The Kier molecular flexibility index (Phi) is 4.82. The van der Waals surface area contributed by atoms with Crippen molar-refractivity contribution < 1.29 is 14.2 Å². The number of thioether (sulfide) groups is 1. The van der Waals surface area contributed by atoms with Crippen LogP contribution in [-0.4, -0.2) is 18.0 Å². The number of ether oxygens (including phenoxy) is 1. The zero-order valence-electron chi connectivity index (χ0n) is 10.5. The molecule has 2 nitrogen and oxygen atoms in total. The van der Waals surface area contributed by atoms with Crippen LogP contribution >= 0.6 is 11.8 Å². The van der Waals surface area contributed by atoms with E-state index < -0.39 is 6.10 Å². The van der Waals surface area contributed by atoms with Crippen molar-refractivity contribution in [2.75, 3.05) is 12.9 Å². The number of hydrogen-bond donors (Lipinski definition) is 1. The average Bonchev–Trinajstić information content (AvgIpc) is 2.46. The van der Waals surface area contributed by atoms with E-state index in [0.717, 1.165) is 16.2 Å². The summed E-state index contributed by atoms with van der Waals surface area (Å²) < 4.78 is 17.8. The fraction of sp³-hybridized carbons (Fsp3) is 0.200. The van der Waals surface area contributed by atoms with Gasteiger partial charge in [-0.05, 0) is 42.0 Å². The van der Waals surface area contributed by atoms with Crippen molar-refractivity contribution in [2.24, 2.45) is 0 Å². The van der Waals surface area contributed by atoms with Crippen LogP contribution in [0.2, 0.25) is 0 Å². The van der Waals surface area contributed by atoms with Gasteiger partial charge >= 0.3 is 0 Å². The molecule has 0 saturated heterocycles. The van der Waals surface area contributed by atoms with Crippen molar-refractivity contribution in [3.05, 3.63) is 59.9 Å². The minimum Gasteiger partial charge on any atom is -0.497 e. The number of aliphatic hydroxyl groups excluding tert-OH is 1. The molecule has 0 spiro atoms. The molecule has 0 fully saturated rings. The standard InChI is InChI=1S/C15H15FO2S/c1-18-13-6-2-11(3-7-13)15(17)10-19-14-8-4-12(16)5-9-14/h2-9,15,17H,10H2,1H3. The first-order valence-electron chi connectivity index (χ1n) is 5.89.